The average molecular weight is 736 g/mol. The molecule has 0 spiro atoms. The molecule has 1 aromatic heterocycles. The van der Waals surface area contributed by atoms with Crippen LogP contribution < -0.4 is 26.6 Å². The Kier molecular flexibility index (Phi) is 10.9. The first-order chi connectivity index (χ1) is 26.2. The minimum atomic E-state index is -2.03. The maximum atomic E-state index is 14.4. The number of anilines is 1. The van der Waals surface area contributed by atoms with Gasteiger partial charge in [-0.25, -0.2) is 9.78 Å². The molecule has 0 unspecified atom stereocenters. The van der Waals surface area contributed by atoms with Crippen LogP contribution in [0.25, 0.3) is 0 Å². The van der Waals surface area contributed by atoms with Crippen LogP contribution in [0.4, 0.5) is 5.82 Å². The molecule has 0 amide bonds. The molecule has 3 aliphatic carbocycles. The number of allylic oxidation sites excluding steroid dienone is 3. The van der Waals surface area contributed by atoms with E-state index >= 15 is 0 Å². The molecule has 0 bridgehead atoms. The first kappa shape index (κ1) is 37.7. The first-order valence-corrected chi connectivity index (χ1v) is 19.4. The quantitative estimate of drug-likeness (QED) is 0.0646. The van der Waals surface area contributed by atoms with Gasteiger partial charge in [0.2, 0.25) is 5.78 Å². The fourth-order valence-corrected chi connectivity index (χ4v) is 8.96. The highest BCUT2D eigenvalue weighted by atomic mass is 16.7. The zero-order chi connectivity index (χ0) is 37.9. The van der Waals surface area contributed by atoms with E-state index in [4.69, 9.17) is 9.47 Å². The van der Waals surface area contributed by atoms with Crippen LogP contribution in [0, 0.1) is 11.8 Å². The van der Waals surface area contributed by atoms with Gasteiger partial charge in [-0.15, -0.1) is 0 Å². The van der Waals surface area contributed by atoms with Gasteiger partial charge in [-0.3, -0.25) is 14.6 Å². The van der Waals surface area contributed by atoms with E-state index in [-0.39, 0.29) is 41.9 Å². The van der Waals surface area contributed by atoms with E-state index < -0.39 is 28.5 Å². The second-order valence-corrected chi connectivity index (χ2v) is 15.2. The topological polar surface area (TPSA) is 158 Å². The van der Waals surface area contributed by atoms with Crippen molar-refractivity contribution in [1.29, 1.82) is 0 Å². The van der Waals surface area contributed by atoms with Crippen molar-refractivity contribution >= 4 is 29.3 Å². The van der Waals surface area contributed by atoms with Crippen molar-refractivity contribution in [2.45, 2.75) is 81.6 Å². The Bertz CT molecular complexity index is 1910. The van der Waals surface area contributed by atoms with Crippen molar-refractivity contribution in [1.82, 2.24) is 26.3 Å². The molecular weight excluding hydrogens is 683 g/mol. The normalized spacial score (nSPS) is 30.9. The monoisotopic (exact) mass is 735 g/mol. The van der Waals surface area contributed by atoms with Gasteiger partial charge in [0.15, 0.2) is 17.3 Å². The molecule has 2 saturated heterocycles. The fraction of sp³-hybridized carbons (Fsp3) is 0.500. The van der Waals surface area contributed by atoms with Crippen molar-refractivity contribution in [3.63, 3.8) is 0 Å². The molecule has 7 rings (SSSR count). The lowest BCUT2D eigenvalue weighted by Crippen LogP contribution is -2.51. The molecule has 2 fully saturated rings. The number of carbonyl (C=O) groups is 3. The average Bonchev–Trinajstić information content (AvgIpc) is 3.95. The largest absolute Gasteiger partial charge is 0.463 e. The Hall–Kier alpha value is -4.65. The first-order valence-electron chi connectivity index (χ1n) is 19.4. The summed E-state index contributed by atoms with van der Waals surface area (Å²) in [6.45, 7) is 6.30. The number of ketones is 2. The summed E-state index contributed by atoms with van der Waals surface area (Å²) in [6, 6.07) is 10.8. The van der Waals surface area contributed by atoms with Crippen molar-refractivity contribution in [3.05, 3.63) is 94.7 Å². The third kappa shape index (κ3) is 6.80. The number of likely N-dealkylation sites (N-methyl/N-ethyl adjacent to an activating group) is 1. The van der Waals surface area contributed by atoms with E-state index in [2.05, 4.69) is 67.8 Å². The van der Waals surface area contributed by atoms with Crippen LogP contribution in [-0.4, -0.2) is 86.2 Å². The zero-order valence-electron chi connectivity index (χ0n) is 31.8. The number of hydrogen-bond donors (Lipinski definition) is 5. The van der Waals surface area contributed by atoms with E-state index in [1.807, 2.05) is 26.1 Å². The van der Waals surface area contributed by atoms with Gasteiger partial charge in [0.25, 0.3) is 5.60 Å². The second kappa shape index (κ2) is 15.6. The van der Waals surface area contributed by atoms with Gasteiger partial charge in [-0.2, -0.15) is 0 Å². The molecular formula is C42H53N7O5. The fourth-order valence-electron chi connectivity index (χ4n) is 8.96. The summed E-state index contributed by atoms with van der Waals surface area (Å²) in [7, 11) is 3.62. The minimum Gasteiger partial charge on any atom is -0.463 e. The second-order valence-electron chi connectivity index (χ2n) is 15.2. The van der Waals surface area contributed by atoms with Gasteiger partial charge in [-0.1, -0.05) is 61.1 Å². The van der Waals surface area contributed by atoms with Crippen molar-refractivity contribution < 1.29 is 23.9 Å². The Morgan fingerprint density at radius 2 is 2.00 bits per heavy atom. The molecule has 286 valence electrons. The summed E-state index contributed by atoms with van der Waals surface area (Å²) in [6.07, 6.45) is 15.7. The lowest BCUT2D eigenvalue weighted by Gasteiger charge is -2.36. The van der Waals surface area contributed by atoms with E-state index in [0.29, 0.717) is 25.0 Å². The molecule has 5 aliphatic rings. The Morgan fingerprint density at radius 1 is 1.19 bits per heavy atom. The van der Waals surface area contributed by atoms with E-state index in [1.165, 1.54) is 5.57 Å². The number of benzene rings is 1. The maximum absolute atomic E-state index is 14.4. The van der Waals surface area contributed by atoms with Gasteiger partial charge in [0.1, 0.15) is 5.82 Å². The number of guanidine groups is 1. The SMILES string of the molecule is CCN[C@@H]1C=C2C=CCC[C@H]2C[C@H]1COC(=O)[C@]12O[C@@]1(C/C=C(\C)C[C@]1(c3ccnc(NCNC)c3)CCCNC(=NC)N1)C(=O)c1ccccc1C2=O. The Balaban J connectivity index is 1.17. The summed E-state index contributed by atoms with van der Waals surface area (Å²) in [4.78, 5) is 52.0. The molecule has 3 heterocycles. The van der Waals surface area contributed by atoms with Crippen LogP contribution in [0.15, 0.2) is 83.0 Å². The van der Waals surface area contributed by atoms with Crippen LogP contribution >= 0.6 is 0 Å². The molecule has 54 heavy (non-hydrogen) atoms. The standard InChI is InChI=1S/C42H53N7O5/c1-5-45-34-22-29-12-7-6-11-28(29)21-30(34)25-53-38(52)42-37(51)33-14-9-8-13-32(33)36(50)41(42,54-42)18-15-27(2)24-40(17-10-19-47-39(44-4)49-40)31-16-20-46-35(23-31)48-26-43-3/h7-9,12-16,20,22-23,28,30,34,43,45H,5-6,10-11,17-19,21,24-26H2,1-4H3,(H,46,48)(H2,44,47,49)/b27-15+/t28-,30-,34+,40-,41-,42-/m0/s1. The number of nitrogens with one attached hydrogen (secondary N) is 5. The van der Waals surface area contributed by atoms with Gasteiger partial charge in [0.05, 0.1) is 18.8 Å². The summed E-state index contributed by atoms with van der Waals surface area (Å²) < 4.78 is 12.3. The summed E-state index contributed by atoms with van der Waals surface area (Å²) in [5.41, 5.74) is -0.479. The van der Waals surface area contributed by atoms with Crippen LogP contribution in [0.5, 0.6) is 0 Å². The summed E-state index contributed by atoms with van der Waals surface area (Å²) in [5.74, 6) is 0.195. The highest BCUT2D eigenvalue weighted by Gasteiger charge is 2.85. The van der Waals surface area contributed by atoms with Gasteiger partial charge < -0.3 is 36.1 Å². The lowest BCUT2D eigenvalue weighted by molar-refractivity contribution is -0.150. The van der Waals surface area contributed by atoms with Crippen LogP contribution in [0.2, 0.25) is 0 Å². The number of pyridine rings is 1. The smallest absolute Gasteiger partial charge is 0.350 e. The third-order valence-electron chi connectivity index (χ3n) is 11.8. The molecule has 0 saturated carbocycles. The van der Waals surface area contributed by atoms with Crippen molar-refractivity contribution in [2.24, 2.45) is 16.8 Å². The number of Topliss-reactive ketones (excluding diaryl/α,β-unsaturated/α-hetero) is 2. The van der Waals surface area contributed by atoms with Gasteiger partial charge in [-0.05, 0) is 88.2 Å². The minimum absolute atomic E-state index is 0.0268. The van der Waals surface area contributed by atoms with Crippen LogP contribution in [0.1, 0.15) is 85.1 Å². The van der Waals surface area contributed by atoms with E-state index in [9.17, 15) is 14.4 Å². The van der Waals surface area contributed by atoms with Crippen molar-refractivity contribution in [2.75, 3.05) is 45.8 Å². The van der Waals surface area contributed by atoms with Crippen LogP contribution in [-0.2, 0) is 19.8 Å². The molecule has 2 aromatic rings. The van der Waals surface area contributed by atoms with Crippen molar-refractivity contribution in [3.8, 4) is 0 Å². The molecule has 5 N–H and O–H groups in total. The predicted molar refractivity (Wildman–Crippen MR) is 208 cm³/mol. The number of nitrogens with zero attached hydrogens (tertiary/aromatic N) is 2. The summed E-state index contributed by atoms with van der Waals surface area (Å²) in [5, 5.41) is 17.0. The van der Waals surface area contributed by atoms with E-state index in [1.54, 1.807) is 37.5 Å². The molecule has 2 aliphatic heterocycles. The number of rotatable bonds is 13. The predicted octanol–water partition coefficient (Wildman–Crippen LogP) is 4.57. The third-order valence-corrected chi connectivity index (χ3v) is 11.8. The Morgan fingerprint density at radius 3 is 2.78 bits per heavy atom. The number of esters is 1. The maximum Gasteiger partial charge on any atom is 0.350 e. The summed E-state index contributed by atoms with van der Waals surface area (Å²) >= 11 is 0. The van der Waals surface area contributed by atoms with Crippen LogP contribution in [0.3, 0.4) is 0 Å². The van der Waals surface area contributed by atoms with Gasteiger partial charge in [0, 0.05) is 49.3 Å². The highest BCUT2D eigenvalue weighted by Crippen LogP contribution is 2.58. The zero-order valence-corrected chi connectivity index (χ0v) is 31.8. The molecule has 1 aromatic carbocycles. The number of epoxide rings is 1. The highest BCUT2D eigenvalue weighted by molar-refractivity contribution is 6.32. The lowest BCUT2D eigenvalue weighted by atomic mass is 9.72. The number of fused-ring (bicyclic) bond motifs is 3. The number of aliphatic imine (C=N–C) groups is 1. The number of hydrogen-bond acceptors (Lipinski definition) is 10. The molecule has 12 heteroatoms. The molecule has 6 atom stereocenters. The number of ether oxygens (including phenoxy) is 2. The number of aromatic nitrogens is 1. The number of carbonyl (C=O) groups excluding carboxylic acids is 3. The Labute approximate surface area is 317 Å². The molecule has 0 radical (unpaired) electrons. The van der Waals surface area contributed by atoms with E-state index in [0.717, 1.165) is 62.1 Å². The molecule has 12 nitrogen and oxygen atoms in total. The van der Waals surface area contributed by atoms with Gasteiger partial charge >= 0.3 is 5.97 Å².